The number of rotatable bonds is 2. The van der Waals surface area contributed by atoms with E-state index < -0.39 is 5.54 Å². The Labute approximate surface area is 124 Å². The molecule has 3 aromatic rings. The fourth-order valence-corrected chi connectivity index (χ4v) is 2.75. The molecule has 4 rings (SSSR count). The van der Waals surface area contributed by atoms with Crippen LogP contribution < -0.4 is 11.3 Å². The van der Waals surface area contributed by atoms with E-state index in [1.165, 1.54) is 10.9 Å². The summed E-state index contributed by atoms with van der Waals surface area (Å²) < 4.78 is 12.3. The Morgan fingerprint density at radius 1 is 1.41 bits per heavy atom. The molecule has 0 spiro atoms. The highest BCUT2D eigenvalue weighted by Gasteiger charge is 2.39. The molecule has 8 heteroatoms. The van der Waals surface area contributed by atoms with Crippen LogP contribution in [0.3, 0.4) is 0 Å². The number of aromatic nitrogens is 4. The van der Waals surface area contributed by atoms with Gasteiger partial charge in [0.05, 0.1) is 11.1 Å². The van der Waals surface area contributed by atoms with Crippen molar-refractivity contribution in [2.45, 2.75) is 31.7 Å². The minimum Gasteiger partial charge on any atom is -0.442 e. The van der Waals surface area contributed by atoms with Gasteiger partial charge in [-0.2, -0.15) is 4.98 Å². The van der Waals surface area contributed by atoms with Gasteiger partial charge in [-0.05, 0) is 26.2 Å². The van der Waals surface area contributed by atoms with Gasteiger partial charge in [0.2, 0.25) is 5.71 Å². The van der Waals surface area contributed by atoms with Crippen molar-refractivity contribution < 1.29 is 8.94 Å². The van der Waals surface area contributed by atoms with Gasteiger partial charge in [-0.1, -0.05) is 5.16 Å². The van der Waals surface area contributed by atoms with E-state index in [4.69, 9.17) is 14.7 Å². The summed E-state index contributed by atoms with van der Waals surface area (Å²) in [7, 11) is 1.63. The molecular formula is C14H15N5O3. The van der Waals surface area contributed by atoms with E-state index in [-0.39, 0.29) is 17.2 Å². The average molecular weight is 301 g/mol. The quantitative estimate of drug-likeness (QED) is 0.757. The summed E-state index contributed by atoms with van der Waals surface area (Å²) in [4.78, 5) is 20.9. The van der Waals surface area contributed by atoms with E-state index >= 15 is 0 Å². The predicted molar refractivity (Wildman–Crippen MR) is 77.0 cm³/mol. The molecule has 0 aromatic carbocycles. The zero-order valence-corrected chi connectivity index (χ0v) is 12.3. The van der Waals surface area contributed by atoms with Crippen LogP contribution in [0.15, 0.2) is 20.1 Å². The zero-order valence-electron chi connectivity index (χ0n) is 12.3. The molecule has 1 fully saturated rings. The van der Waals surface area contributed by atoms with Crippen LogP contribution in [0.25, 0.3) is 22.6 Å². The largest absolute Gasteiger partial charge is 0.442 e. The second-order valence-corrected chi connectivity index (χ2v) is 5.81. The maximum atomic E-state index is 12.4. The maximum Gasteiger partial charge on any atom is 0.265 e. The molecule has 0 atom stereocenters. The fraction of sp³-hybridized carbons (Fsp3) is 0.429. The summed E-state index contributed by atoms with van der Waals surface area (Å²) in [6.45, 7) is 1.74. The molecule has 0 saturated heterocycles. The van der Waals surface area contributed by atoms with Gasteiger partial charge in [0.25, 0.3) is 11.4 Å². The topological polar surface area (TPSA) is 113 Å². The molecule has 8 nitrogen and oxygen atoms in total. The molecule has 0 unspecified atom stereocenters. The normalized spacial score (nSPS) is 16.9. The van der Waals surface area contributed by atoms with E-state index in [0.717, 1.165) is 19.3 Å². The van der Waals surface area contributed by atoms with Crippen molar-refractivity contribution >= 4 is 11.1 Å². The molecular weight excluding hydrogens is 286 g/mol. The summed E-state index contributed by atoms with van der Waals surface area (Å²) in [5.74, 6) is 1.23. The highest BCUT2D eigenvalue weighted by molar-refractivity contribution is 5.90. The lowest BCUT2D eigenvalue weighted by Crippen LogP contribution is -2.44. The fourth-order valence-electron chi connectivity index (χ4n) is 2.75. The molecule has 2 N–H and O–H groups in total. The van der Waals surface area contributed by atoms with Crippen LogP contribution in [0.1, 0.15) is 30.8 Å². The van der Waals surface area contributed by atoms with Gasteiger partial charge < -0.3 is 19.2 Å². The number of furan rings is 1. The Morgan fingerprint density at radius 3 is 2.86 bits per heavy atom. The smallest absolute Gasteiger partial charge is 0.265 e. The molecule has 1 aliphatic carbocycles. The monoisotopic (exact) mass is 301 g/mol. The summed E-state index contributed by atoms with van der Waals surface area (Å²) in [5, 5.41) is 4.33. The first-order valence-electron chi connectivity index (χ1n) is 7.08. The molecule has 0 aliphatic heterocycles. The summed E-state index contributed by atoms with van der Waals surface area (Å²) >= 11 is 0. The lowest BCUT2D eigenvalue weighted by molar-refractivity contribution is 0.229. The molecule has 0 radical (unpaired) electrons. The maximum absolute atomic E-state index is 12.4. The predicted octanol–water partition coefficient (Wildman–Crippen LogP) is 1.22. The van der Waals surface area contributed by atoms with Crippen molar-refractivity contribution in [3.05, 3.63) is 28.3 Å². The third-order valence-corrected chi connectivity index (χ3v) is 4.28. The van der Waals surface area contributed by atoms with Crippen LogP contribution in [0.4, 0.5) is 0 Å². The number of fused-ring (bicyclic) bond motifs is 1. The highest BCUT2D eigenvalue weighted by Crippen LogP contribution is 2.38. The Kier molecular flexibility index (Phi) is 2.56. The van der Waals surface area contributed by atoms with Crippen molar-refractivity contribution in [1.82, 2.24) is 19.7 Å². The Balaban J connectivity index is 1.93. The van der Waals surface area contributed by atoms with E-state index in [2.05, 4.69) is 15.1 Å². The van der Waals surface area contributed by atoms with Gasteiger partial charge in [-0.25, -0.2) is 4.98 Å². The SMILES string of the molecule is Cc1oc2ncn(C)c(=O)c2c1-c1nc(C2(N)CCC2)no1. The lowest BCUT2D eigenvalue weighted by atomic mass is 9.77. The number of hydrogen-bond donors (Lipinski definition) is 1. The van der Waals surface area contributed by atoms with Crippen LogP contribution in [0.2, 0.25) is 0 Å². The van der Waals surface area contributed by atoms with E-state index in [9.17, 15) is 4.79 Å². The molecule has 1 aliphatic rings. The molecule has 3 aromatic heterocycles. The van der Waals surface area contributed by atoms with E-state index in [1.807, 2.05) is 0 Å². The van der Waals surface area contributed by atoms with Crippen LogP contribution >= 0.6 is 0 Å². The summed E-state index contributed by atoms with van der Waals surface area (Å²) in [5.41, 5.74) is 6.23. The minimum atomic E-state index is -0.515. The summed E-state index contributed by atoms with van der Waals surface area (Å²) in [6, 6.07) is 0. The van der Waals surface area contributed by atoms with Crippen LogP contribution in [0, 0.1) is 6.92 Å². The van der Waals surface area contributed by atoms with Crippen molar-refractivity contribution in [3.63, 3.8) is 0 Å². The van der Waals surface area contributed by atoms with Gasteiger partial charge in [-0.3, -0.25) is 4.79 Å². The van der Waals surface area contributed by atoms with Crippen molar-refractivity contribution in [2.24, 2.45) is 12.8 Å². The molecule has 0 bridgehead atoms. The van der Waals surface area contributed by atoms with Crippen molar-refractivity contribution in [1.29, 1.82) is 0 Å². The lowest BCUT2D eigenvalue weighted by Gasteiger charge is -2.34. The first-order chi connectivity index (χ1) is 10.5. The second-order valence-electron chi connectivity index (χ2n) is 5.81. The highest BCUT2D eigenvalue weighted by atomic mass is 16.5. The standard InChI is InChI=1S/C14H15N5O3/c1-7-8(9-10(21-7)16-6-19(2)12(9)20)11-17-13(18-22-11)14(15)4-3-5-14/h6H,3-5,15H2,1-2H3. The van der Waals surface area contributed by atoms with Gasteiger partial charge in [0, 0.05) is 7.05 Å². The van der Waals surface area contributed by atoms with E-state index in [0.29, 0.717) is 22.5 Å². The molecule has 114 valence electrons. The van der Waals surface area contributed by atoms with E-state index in [1.54, 1.807) is 14.0 Å². The molecule has 1 saturated carbocycles. The average Bonchev–Trinajstić information content (AvgIpc) is 3.04. The van der Waals surface area contributed by atoms with Crippen LogP contribution in [0.5, 0.6) is 0 Å². The Morgan fingerprint density at radius 2 is 2.18 bits per heavy atom. The van der Waals surface area contributed by atoms with Gasteiger partial charge >= 0.3 is 0 Å². The Bertz CT molecular complexity index is 932. The van der Waals surface area contributed by atoms with Crippen molar-refractivity contribution in [3.8, 4) is 11.5 Å². The number of hydrogen-bond acceptors (Lipinski definition) is 7. The number of nitrogens with zero attached hydrogens (tertiary/aromatic N) is 4. The number of aryl methyl sites for hydroxylation is 2. The number of nitrogens with two attached hydrogens (primary N) is 1. The molecule has 3 heterocycles. The molecule has 0 amide bonds. The third kappa shape index (κ3) is 1.67. The van der Waals surface area contributed by atoms with Gasteiger partial charge in [0.15, 0.2) is 5.82 Å². The van der Waals surface area contributed by atoms with Crippen LogP contribution in [-0.2, 0) is 12.6 Å². The van der Waals surface area contributed by atoms with Crippen LogP contribution in [-0.4, -0.2) is 19.7 Å². The molecule has 22 heavy (non-hydrogen) atoms. The zero-order chi connectivity index (χ0) is 15.5. The van der Waals surface area contributed by atoms with Gasteiger partial charge in [0.1, 0.15) is 17.5 Å². The van der Waals surface area contributed by atoms with Gasteiger partial charge in [-0.15, -0.1) is 0 Å². The summed E-state index contributed by atoms with van der Waals surface area (Å²) in [6.07, 6.45) is 4.14. The Hall–Kier alpha value is -2.48. The minimum absolute atomic E-state index is 0.220. The first-order valence-corrected chi connectivity index (χ1v) is 7.08. The second kappa shape index (κ2) is 4.26. The first kappa shape index (κ1) is 13.2. The van der Waals surface area contributed by atoms with Crippen molar-refractivity contribution in [2.75, 3.05) is 0 Å². The third-order valence-electron chi connectivity index (χ3n) is 4.28.